The van der Waals surface area contributed by atoms with Crippen molar-refractivity contribution in [3.63, 3.8) is 0 Å². The molecule has 3 heteroatoms. The first kappa shape index (κ1) is 14.6. The van der Waals surface area contributed by atoms with Gasteiger partial charge in [0.2, 0.25) is 0 Å². The van der Waals surface area contributed by atoms with E-state index in [0.29, 0.717) is 0 Å². The van der Waals surface area contributed by atoms with Gasteiger partial charge in [-0.3, -0.25) is 0 Å². The average Bonchev–Trinajstić information content (AvgIpc) is 2.46. The Kier molecular flexibility index (Phi) is 4.81. The monoisotopic (exact) mass is 328 g/mol. The fourth-order valence-electron chi connectivity index (χ4n) is 2.11. The molecule has 0 saturated heterocycles. The van der Waals surface area contributed by atoms with Crippen molar-refractivity contribution in [2.45, 2.75) is 12.3 Å². The van der Waals surface area contributed by atoms with E-state index >= 15 is 0 Å². The minimum absolute atomic E-state index is 0.115. The van der Waals surface area contributed by atoms with E-state index in [1.54, 1.807) is 0 Å². The van der Waals surface area contributed by atoms with Gasteiger partial charge in [0.15, 0.2) is 0 Å². The number of nitrogens with zero attached hydrogens (tertiary/aromatic N) is 2. The molecule has 1 atom stereocenters. The van der Waals surface area contributed by atoms with Crippen LogP contribution in [0.5, 0.6) is 0 Å². The van der Waals surface area contributed by atoms with Crippen LogP contribution in [0.1, 0.15) is 17.0 Å². The van der Waals surface area contributed by atoms with Gasteiger partial charge in [-0.25, -0.2) is 0 Å². The average molecular weight is 329 g/mol. The number of halogens is 1. The molecule has 0 spiro atoms. The third kappa shape index (κ3) is 3.61. The Morgan fingerprint density at radius 3 is 2.45 bits per heavy atom. The Morgan fingerprint density at radius 1 is 1.15 bits per heavy atom. The van der Waals surface area contributed by atoms with E-state index in [-0.39, 0.29) is 5.92 Å². The van der Waals surface area contributed by atoms with Gasteiger partial charge >= 0.3 is 0 Å². The van der Waals surface area contributed by atoms with Crippen LogP contribution in [0.2, 0.25) is 0 Å². The maximum Gasteiger partial charge on any atom is 0.0753 e. The Labute approximate surface area is 128 Å². The minimum Gasteiger partial charge on any atom is -0.378 e. The van der Waals surface area contributed by atoms with Crippen molar-refractivity contribution >= 4 is 21.6 Å². The van der Waals surface area contributed by atoms with E-state index in [2.05, 4.69) is 51.2 Å². The molecule has 0 radical (unpaired) electrons. The molecule has 2 aromatic carbocycles. The smallest absolute Gasteiger partial charge is 0.0753 e. The number of hydrogen-bond donors (Lipinski definition) is 0. The Bertz CT molecular complexity index is 612. The molecule has 0 N–H and O–H groups in total. The lowest BCUT2D eigenvalue weighted by molar-refractivity contribution is 0.848. The third-order valence-corrected chi connectivity index (χ3v) is 3.83. The highest BCUT2D eigenvalue weighted by Crippen LogP contribution is 2.24. The van der Waals surface area contributed by atoms with E-state index in [1.165, 1.54) is 5.56 Å². The van der Waals surface area contributed by atoms with Crippen LogP contribution in [-0.2, 0) is 6.42 Å². The molecule has 0 fully saturated rings. The first-order chi connectivity index (χ1) is 9.60. The lowest BCUT2D eigenvalue weighted by Gasteiger charge is -2.16. The van der Waals surface area contributed by atoms with E-state index < -0.39 is 0 Å². The number of rotatable bonds is 4. The van der Waals surface area contributed by atoms with Crippen LogP contribution in [0.25, 0.3) is 0 Å². The summed E-state index contributed by atoms with van der Waals surface area (Å²) in [6.07, 6.45) is 0.737. The molecule has 102 valence electrons. The highest BCUT2D eigenvalue weighted by Gasteiger charge is 2.12. The molecule has 2 aromatic rings. The van der Waals surface area contributed by atoms with Gasteiger partial charge in [0.1, 0.15) is 0 Å². The Morgan fingerprint density at radius 2 is 1.85 bits per heavy atom. The van der Waals surface area contributed by atoms with Crippen molar-refractivity contribution in [3.8, 4) is 6.07 Å². The molecule has 2 nitrogen and oxygen atoms in total. The second kappa shape index (κ2) is 6.58. The minimum atomic E-state index is -0.115. The Hall–Kier alpha value is -1.79. The van der Waals surface area contributed by atoms with Crippen LogP contribution in [-0.4, -0.2) is 14.1 Å². The van der Waals surface area contributed by atoms with Crippen molar-refractivity contribution in [2.75, 3.05) is 19.0 Å². The molecule has 0 aliphatic carbocycles. The lowest BCUT2D eigenvalue weighted by atomic mass is 9.93. The van der Waals surface area contributed by atoms with Gasteiger partial charge in [-0.05, 0) is 41.8 Å². The number of hydrogen-bond acceptors (Lipinski definition) is 2. The van der Waals surface area contributed by atoms with Crippen molar-refractivity contribution < 1.29 is 0 Å². The Balaban J connectivity index is 2.22. The summed E-state index contributed by atoms with van der Waals surface area (Å²) in [5, 5.41) is 9.45. The summed E-state index contributed by atoms with van der Waals surface area (Å²) in [5.41, 5.74) is 3.37. The zero-order valence-electron chi connectivity index (χ0n) is 11.7. The van der Waals surface area contributed by atoms with Crippen LogP contribution >= 0.6 is 15.9 Å². The maximum atomic E-state index is 9.45. The maximum absolute atomic E-state index is 9.45. The topological polar surface area (TPSA) is 27.0 Å². The SMILES string of the molecule is CN(C)c1cccc(C(C#N)Cc2ccc(Br)cc2)c1. The van der Waals surface area contributed by atoms with Crippen LogP contribution in [0.3, 0.4) is 0 Å². The molecular weight excluding hydrogens is 312 g/mol. The molecule has 0 aliphatic rings. The molecule has 0 aromatic heterocycles. The molecule has 2 rings (SSSR count). The third-order valence-electron chi connectivity index (χ3n) is 3.30. The predicted octanol–water partition coefficient (Wildman–Crippen LogP) is 4.36. The van der Waals surface area contributed by atoms with Gasteiger partial charge in [-0.1, -0.05) is 40.2 Å². The highest BCUT2D eigenvalue weighted by molar-refractivity contribution is 9.10. The number of nitriles is 1. The van der Waals surface area contributed by atoms with Crippen molar-refractivity contribution in [1.29, 1.82) is 5.26 Å². The molecule has 0 bridgehead atoms. The van der Waals surface area contributed by atoms with Crippen molar-refractivity contribution in [2.24, 2.45) is 0 Å². The summed E-state index contributed by atoms with van der Waals surface area (Å²) in [6.45, 7) is 0. The quantitative estimate of drug-likeness (QED) is 0.833. The highest BCUT2D eigenvalue weighted by atomic mass is 79.9. The largest absolute Gasteiger partial charge is 0.378 e. The molecular formula is C17H17BrN2. The molecule has 0 heterocycles. The molecule has 0 amide bonds. The van der Waals surface area contributed by atoms with E-state index in [9.17, 15) is 5.26 Å². The normalized spacial score (nSPS) is 11.7. The van der Waals surface area contributed by atoms with Gasteiger partial charge < -0.3 is 4.90 Å². The van der Waals surface area contributed by atoms with Gasteiger partial charge in [0.25, 0.3) is 0 Å². The predicted molar refractivity (Wildman–Crippen MR) is 87.0 cm³/mol. The van der Waals surface area contributed by atoms with Crippen molar-refractivity contribution in [1.82, 2.24) is 0 Å². The summed E-state index contributed by atoms with van der Waals surface area (Å²) >= 11 is 3.43. The van der Waals surface area contributed by atoms with E-state index in [0.717, 1.165) is 22.1 Å². The molecule has 1 unspecified atom stereocenters. The van der Waals surface area contributed by atoms with Crippen LogP contribution < -0.4 is 4.90 Å². The summed E-state index contributed by atoms with van der Waals surface area (Å²) < 4.78 is 1.06. The summed E-state index contributed by atoms with van der Waals surface area (Å²) in [7, 11) is 4.02. The lowest BCUT2D eigenvalue weighted by Crippen LogP contribution is -2.09. The fourth-order valence-corrected chi connectivity index (χ4v) is 2.38. The van der Waals surface area contributed by atoms with Crippen molar-refractivity contribution in [3.05, 3.63) is 64.1 Å². The fraction of sp³-hybridized carbons (Fsp3) is 0.235. The summed E-state index contributed by atoms with van der Waals surface area (Å²) in [4.78, 5) is 2.05. The second-order valence-electron chi connectivity index (χ2n) is 5.00. The number of anilines is 1. The molecule has 0 aliphatic heterocycles. The first-order valence-electron chi connectivity index (χ1n) is 6.51. The summed E-state index contributed by atoms with van der Waals surface area (Å²) in [6, 6.07) is 18.7. The first-order valence-corrected chi connectivity index (χ1v) is 7.31. The van der Waals surface area contributed by atoms with Crippen LogP contribution in [0, 0.1) is 11.3 Å². The molecule has 20 heavy (non-hydrogen) atoms. The second-order valence-corrected chi connectivity index (χ2v) is 5.92. The van der Waals surface area contributed by atoms with E-state index in [4.69, 9.17) is 0 Å². The van der Waals surface area contributed by atoms with E-state index in [1.807, 2.05) is 38.4 Å². The van der Waals surface area contributed by atoms with Crippen LogP contribution in [0.15, 0.2) is 53.0 Å². The zero-order chi connectivity index (χ0) is 14.5. The van der Waals surface area contributed by atoms with Gasteiger partial charge in [-0.2, -0.15) is 5.26 Å². The van der Waals surface area contributed by atoms with Crippen LogP contribution in [0.4, 0.5) is 5.69 Å². The van der Waals surface area contributed by atoms with Gasteiger partial charge in [0, 0.05) is 24.3 Å². The molecule has 0 saturated carbocycles. The number of benzene rings is 2. The van der Waals surface area contributed by atoms with Gasteiger partial charge in [0.05, 0.1) is 12.0 Å². The zero-order valence-corrected chi connectivity index (χ0v) is 13.3. The standard InChI is InChI=1S/C17H17BrN2/c1-20(2)17-5-3-4-14(11-17)15(12-19)10-13-6-8-16(18)9-7-13/h3-9,11,15H,10H2,1-2H3. The van der Waals surface area contributed by atoms with Gasteiger partial charge in [-0.15, -0.1) is 0 Å². The summed E-state index contributed by atoms with van der Waals surface area (Å²) in [5.74, 6) is -0.115.